The predicted octanol–water partition coefficient (Wildman–Crippen LogP) is 7.37. The number of hydrogen-bond acceptors (Lipinski definition) is 3. The molecule has 0 spiro atoms. The summed E-state index contributed by atoms with van der Waals surface area (Å²) in [5, 5.41) is 5.56. The van der Waals surface area contributed by atoms with Gasteiger partial charge in [-0.3, -0.25) is 0 Å². The van der Waals surface area contributed by atoms with Crippen LogP contribution in [-0.4, -0.2) is 20.6 Å². The van der Waals surface area contributed by atoms with Crippen molar-refractivity contribution in [3.63, 3.8) is 0 Å². The third-order valence-electron chi connectivity index (χ3n) is 6.48. The first-order chi connectivity index (χ1) is 15.4. The first kappa shape index (κ1) is 21.0. The number of rotatable bonds is 4. The zero-order chi connectivity index (χ0) is 22.3. The van der Waals surface area contributed by atoms with Crippen molar-refractivity contribution in [2.24, 2.45) is 11.3 Å². The van der Waals surface area contributed by atoms with Gasteiger partial charge in [-0.05, 0) is 54.4 Å². The number of fused-ring (bicyclic) bond motifs is 1. The van der Waals surface area contributed by atoms with Gasteiger partial charge in [-0.25, -0.2) is 9.97 Å². The van der Waals surface area contributed by atoms with Crippen LogP contribution in [0.25, 0.3) is 27.8 Å². The molecule has 0 unspecified atom stereocenters. The molecule has 5 rings (SSSR count). The van der Waals surface area contributed by atoms with Gasteiger partial charge in [0.25, 0.3) is 0 Å². The zero-order valence-electron chi connectivity index (χ0n) is 18.8. The summed E-state index contributed by atoms with van der Waals surface area (Å²) in [7, 11) is 0. The summed E-state index contributed by atoms with van der Waals surface area (Å²) in [5.74, 6) is 1.60. The summed E-state index contributed by atoms with van der Waals surface area (Å²) in [6.07, 6.45) is 7.38. The topological polar surface area (TPSA) is 42.7 Å². The maximum absolute atomic E-state index is 6.31. The Balaban J connectivity index is 1.66. The molecule has 1 fully saturated rings. The number of halogens is 1. The Morgan fingerprint density at radius 1 is 1.03 bits per heavy atom. The molecule has 164 valence electrons. The van der Waals surface area contributed by atoms with E-state index < -0.39 is 0 Å². The third kappa shape index (κ3) is 4.12. The Morgan fingerprint density at radius 3 is 2.59 bits per heavy atom. The Kier molecular flexibility index (Phi) is 5.42. The van der Waals surface area contributed by atoms with Gasteiger partial charge in [0, 0.05) is 28.5 Å². The van der Waals surface area contributed by atoms with Crippen LogP contribution in [0.2, 0.25) is 5.02 Å². The minimum Gasteiger partial charge on any atom is -0.367 e. The van der Waals surface area contributed by atoms with E-state index in [1.54, 1.807) is 6.33 Å². The molecular weight excluding hydrogens is 416 g/mol. The lowest BCUT2D eigenvalue weighted by atomic mass is 9.70. The Bertz CT molecular complexity index is 1250. The average Bonchev–Trinajstić information content (AvgIpc) is 3.14. The van der Waals surface area contributed by atoms with Gasteiger partial charge >= 0.3 is 0 Å². The van der Waals surface area contributed by atoms with Crippen LogP contribution in [0.5, 0.6) is 0 Å². The van der Waals surface area contributed by atoms with Crippen LogP contribution in [0.3, 0.4) is 0 Å². The third-order valence-corrected chi connectivity index (χ3v) is 6.72. The molecule has 2 atom stereocenters. The zero-order valence-corrected chi connectivity index (χ0v) is 19.6. The number of hydrogen-bond donors (Lipinski definition) is 1. The molecule has 0 radical (unpaired) electrons. The van der Waals surface area contributed by atoms with Crippen molar-refractivity contribution < 1.29 is 0 Å². The number of nitrogens with zero attached hydrogens (tertiary/aromatic N) is 3. The first-order valence-corrected chi connectivity index (χ1v) is 11.7. The van der Waals surface area contributed by atoms with Gasteiger partial charge in [0.2, 0.25) is 0 Å². The van der Waals surface area contributed by atoms with Crippen molar-refractivity contribution in [1.82, 2.24) is 14.5 Å². The standard InChI is InChI=1S/C27H29ClN4/c1-18-12-21(15-27(2,3)14-18)31-25-24-23(19-8-5-4-6-9-19)16-32(26(24)30-17-29-25)22-11-7-10-20(28)13-22/h4-11,13,16-18,21H,12,14-15H2,1-3H3,(H,29,30,31)/t18-,21-/m0/s1. The van der Waals surface area contributed by atoms with Gasteiger partial charge < -0.3 is 9.88 Å². The normalized spacial score (nSPS) is 20.4. The van der Waals surface area contributed by atoms with Gasteiger partial charge in [-0.1, -0.05) is 68.8 Å². The summed E-state index contributed by atoms with van der Waals surface area (Å²) in [5.41, 5.74) is 4.46. The second-order valence-electron chi connectivity index (χ2n) is 9.93. The molecule has 2 aromatic carbocycles. The SMILES string of the molecule is C[C@H]1C[C@H](Nc2ncnc3c2c(-c2ccccc2)cn3-c2cccc(Cl)c2)CC(C)(C)C1. The van der Waals surface area contributed by atoms with E-state index in [4.69, 9.17) is 21.6 Å². The van der Waals surface area contributed by atoms with Crippen molar-refractivity contribution in [3.8, 4) is 16.8 Å². The maximum Gasteiger partial charge on any atom is 0.150 e. The molecule has 2 heterocycles. The largest absolute Gasteiger partial charge is 0.367 e. The van der Waals surface area contributed by atoms with Crippen LogP contribution in [0.4, 0.5) is 5.82 Å². The minimum absolute atomic E-state index is 0.330. The molecule has 1 aliphatic rings. The van der Waals surface area contributed by atoms with E-state index in [-0.39, 0.29) is 0 Å². The minimum atomic E-state index is 0.330. The predicted molar refractivity (Wildman–Crippen MR) is 134 cm³/mol. The van der Waals surface area contributed by atoms with Crippen molar-refractivity contribution in [2.75, 3.05) is 5.32 Å². The van der Waals surface area contributed by atoms with Crippen molar-refractivity contribution in [2.45, 2.75) is 46.1 Å². The van der Waals surface area contributed by atoms with Crippen LogP contribution in [0, 0.1) is 11.3 Å². The van der Waals surface area contributed by atoms with E-state index in [2.05, 4.69) is 67.2 Å². The van der Waals surface area contributed by atoms with Crippen molar-refractivity contribution >= 4 is 28.5 Å². The first-order valence-electron chi connectivity index (χ1n) is 11.3. The molecule has 1 N–H and O–H groups in total. The summed E-state index contributed by atoms with van der Waals surface area (Å²) in [6.45, 7) is 7.10. The molecule has 32 heavy (non-hydrogen) atoms. The molecule has 5 heteroatoms. The van der Waals surface area contributed by atoms with E-state index in [0.29, 0.717) is 22.4 Å². The van der Waals surface area contributed by atoms with Crippen molar-refractivity contribution in [1.29, 1.82) is 0 Å². The Morgan fingerprint density at radius 2 is 1.84 bits per heavy atom. The molecule has 1 aliphatic carbocycles. The molecule has 0 saturated heterocycles. The number of nitrogens with one attached hydrogen (secondary N) is 1. The van der Waals surface area contributed by atoms with Crippen LogP contribution < -0.4 is 5.32 Å². The summed E-state index contributed by atoms with van der Waals surface area (Å²) in [4.78, 5) is 9.42. The summed E-state index contributed by atoms with van der Waals surface area (Å²) in [6, 6.07) is 18.7. The number of benzene rings is 2. The highest BCUT2D eigenvalue weighted by atomic mass is 35.5. The van der Waals surface area contributed by atoms with E-state index >= 15 is 0 Å². The van der Waals surface area contributed by atoms with Gasteiger partial charge in [0.1, 0.15) is 12.1 Å². The van der Waals surface area contributed by atoms with Crippen LogP contribution in [0.1, 0.15) is 40.0 Å². The van der Waals surface area contributed by atoms with Crippen LogP contribution in [-0.2, 0) is 0 Å². The maximum atomic E-state index is 6.31. The fraction of sp³-hybridized carbons (Fsp3) is 0.333. The highest BCUT2D eigenvalue weighted by molar-refractivity contribution is 6.30. The van der Waals surface area contributed by atoms with E-state index in [9.17, 15) is 0 Å². The van der Waals surface area contributed by atoms with Gasteiger partial charge in [-0.2, -0.15) is 0 Å². The van der Waals surface area contributed by atoms with Crippen LogP contribution >= 0.6 is 11.6 Å². The molecule has 1 saturated carbocycles. The van der Waals surface area contributed by atoms with E-state index in [1.165, 1.54) is 6.42 Å². The summed E-state index contributed by atoms with van der Waals surface area (Å²) >= 11 is 6.31. The second-order valence-corrected chi connectivity index (χ2v) is 10.4. The van der Waals surface area contributed by atoms with Crippen molar-refractivity contribution in [3.05, 3.63) is 72.1 Å². The molecule has 2 aromatic heterocycles. The van der Waals surface area contributed by atoms with Crippen LogP contribution in [0.15, 0.2) is 67.1 Å². The molecule has 0 bridgehead atoms. The second kappa shape index (κ2) is 8.25. The Hall–Kier alpha value is -2.85. The number of anilines is 1. The molecule has 0 aliphatic heterocycles. The fourth-order valence-corrected chi connectivity index (χ4v) is 5.66. The molecule has 0 amide bonds. The lowest BCUT2D eigenvalue weighted by molar-refractivity contribution is 0.178. The van der Waals surface area contributed by atoms with Gasteiger partial charge in [0.05, 0.1) is 5.39 Å². The average molecular weight is 445 g/mol. The smallest absolute Gasteiger partial charge is 0.150 e. The van der Waals surface area contributed by atoms with Gasteiger partial charge in [0.15, 0.2) is 5.65 Å². The quantitative estimate of drug-likeness (QED) is 0.357. The monoisotopic (exact) mass is 444 g/mol. The molecule has 4 aromatic rings. The number of aromatic nitrogens is 3. The Labute approximate surface area is 194 Å². The lowest BCUT2D eigenvalue weighted by Gasteiger charge is -2.39. The molecular formula is C27H29ClN4. The van der Waals surface area contributed by atoms with E-state index in [1.807, 2.05) is 24.3 Å². The highest BCUT2D eigenvalue weighted by Gasteiger charge is 2.32. The lowest BCUT2D eigenvalue weighted by Crippen LogP contribution is -2.35. The highest BCUT2D eigenvalue weighted by Crippen LogP contribution is 2.41. The summed E-state index contributed by atoms with van der Waals surface area (Å²) < 4.78 is 2.11. The van der Waals surface area contributed by atoms with Gasteiger partial charge in [-0.15, -0.1) is 0 Å². The fourth-order valence-electron chi connectivity index (χ4n) is 5.48. The molecule has 4 nitrogen and oxygen atoms in total. The van der Waals surface area contributed by atoms with E-state index in [0.717, 1.165) is 46.5 Å².